The lowest BCUT2D eigenvalue weighted by Crippen LogP contribution is -2.35. The summed E-state index contributed by atoms with van der Waals surface area (Å²) in [7, 11) is 0. The van der Waals surface area contributed by atoms with E-state index in [1.807, 2.05) is 37.6 Å². The maximum atomic E-state index is 13.2. The van der Waals surface area contributed by atoms with Gasteiger partial charge in [0.15, 0.2) is 0 Å². The monoisotopic (exact) mass is 357 g/mol. The van der Waals surface area contributed by atoms with Crippen molar-refractivity contribution in [2.75, 3.05) is 11.4 Å². The Balaban J connectivity index is 1.59. The standard InChI is InChI=1S/C21H19N5O/c1-14-8-15(11-23-10-14)16-9-19-18(4-6-24-26(19)12-16)25-7-5-21(13-22,20(25)27)17-2-3-17/h4,6,8-12,17H,2-3,5,7H2,1H3/t21-/m1/s1. The van der Waals surface area contributed by atoms with Crippen molar-refractivity contribution in [3.05, 3.63) is 48.5 Å². The van der Waals surface area contributed by atoms with Gasteiger partial charge in [-0.25, -0.2) is 4.52 Å². The van der Waals surface area contributed by atoms with Gasteiger partial charge in [0.2, 0.25) is 5.91 Å². The van der Waals surface area contributed by atoms with E-state index in [9.17, 15) is 10.1 Å². The van der Waals surface area contributed by atoms with Crippen LogP contribution in [0.15, 0.2) is 43.0 Å². The molecule has 6 nitrogen and oxygen atoms in total. The van der Waals surface area contributed by atoms with Crippen LogP contribution in [-0.4, -0.2) is 27.0 Å². The summed E-state index contributed by atoms with van der Waals surface area (Å²) in [6.07, 6.45) is 9.88. The first-order valence-corrected chi connectivity index (χ1v) is 9.25. The third-order valence-corrected chi connectivity index (χ3v) is 5.82. The Hall–Kier alpha value is -3.20. The molecule has 2 fully saturated rings. The number of nitrogens with zero attached hydrogens (tertiary/aromatic N) is 5. The number of aromatic nitrogens is 3. The normalized spacial score (nSPS) is 22.4. The molecule has 27 heavy (non-hydrogen) atoms. The highest BCUT2D eigenvalue weighted by Crippen LogP contribution is 2.52. The van der Waals surface area contributed by atoms with E-state index in [1.54, 1.807) is 15.6 Å². The predicted octanol–water partition coefficient (Wildman–Crippen LogP) is 3.36. The molecule has 2 aliphatic rings. The second kappa shape index (κ2) is 5.65. The summed E-state index contributed by atoms with van der Waals surface area (Å²) >= 11 is 0. The van der Waals surface area contributed by atoms with Crippen molar-refractivity contribution in [3.63, 3.8) is 0 Å². The van der Waals surface area contributed by atoms with Crippen molar-refractivity contribution in [2.24, 2.45) is 11.3 Å². The molecule has 3 aromatic rings. The Labute approximate surface area is 157 Å². The van der Waals surface area contributed by atoms with Gasteiger partial charge in [-0.3, -0.25) is 9.78 Å². The Morgan fingerprint density at radius 2 is 2.11 bits per heavy atom. The van der Waals surface area contributed by atoms with Crippen LogP contribution in [0.2, 0.25) is 0 Å². The van der Waals surface area contributed by atoms with Gasteiger partial charge in [-0.2, -0.15) is 10.4 Å². The molecule has 1 saturated carbocycles. The summed E-state index contributed by atoms with van der Waals surface area (Å²) in [5.74, 6) is 0.166. The molecule has 1 atom stereocenters. The van der Waals surface area contributed by atoms with E-state index in [-0.39, 0.29) is 11.8 Å². The van der Waals surface area contributed by atoms with Gasteiger partial charge in [0, 0.05) is 42.5 Å². The van der Waals surface area contributed by atoms with Gasteiger partial charge in [-0.15, -0.1) is 0 Å². The lowest BCUT2D eigenvalue weighted by atomic mass is 9.83. The topological polar surface area (TPSA) is 74.3 Å². The summed E-state index contributed by atoms with van der Waals surface area (Å²) in [4.78, 5) is 19.2. The van der Waals surface area contributed by atoms with Crippen molar-refractivity contribution >= 4 is 17.1 Å². The highest BCUT2D eigenvalue weighted by molar-refractivity contribution is 6.05. The molecule has 4 heterocycles. The van der Waals surface area contributed by atoms with Gasteiger partial charge in [0.25, 0.3) is 0 Å². The molecule has 3 aromatic heterocycles. The summed E-state index contributed by atoms with van der Waals surface area (Å²) in [6, 6.07) is 8.34. The third kappa shape index (κ3) is 2.35. The lowest BCUT2D eigenvalue weighted by Gasteiger charge is -2.21. The number of pyridine rings is 1. The maximum absolute atomic E-state index is 13.2. The number of amides is 1. The summed E-state index contributed by atoms with van der Waals surface area (Å²) < 4.78 is 1.80. The molecule has 0 radical (unpaired) electrons. The van der Waals surface area contributed by atoms with Crippen molar-refractivity contribution in [2.45, 2.75) is 26.2 Å². The van der Waals surface area contributed by atoms with Crippen LogP contribution < -0.4 is 4.90 Å². The third-order valence-electron chi connectivity index (χ3n) is 5.82. The summed E-state index contributed by atoms with van der Waals surface area (Å²) in [6.45, 7) is 2.59. The van der Waals surface area contributed by atoms with Gasteiger partial charge in [-0.1, -0.05) is 0 Å². The number of hydrogen-bond acceptors (Lipinski definition) is 4. The van der Waals surface area contributed by atoms with Gasteiger partial charge in [-0.05, 0) is 55.9 Å². The fourth-order valence-electron chi connectivity index (χ4n) is 4.22. The highest BCUT2D eigenvalue weighted by Gasteiger charge is 2.56. The molecule has 1 aliphatic heterocycles. The molecule has 1 amide bonds. The van der Waals surface area contributed by atoms with E-state index >= 15 is 0 Å². The quantitative estimate of drug-likeness (QED) is 0.720. The van der Waals surface area contributed by atoms with E-state index in [0.29, 0.717) is 13.0 Å². The first-order valence-electron chi connectivity index (χ1n) is 9.25. The molecule has 134 valence electrons. The molecule has 1 aliphatic carbocycles. The molecule has 5 rings (SSSR count). The van der Waals surface area contributed by atoms with Crippen LogP contribution in [-0.2, 0) is 4.79 Å². The van der Waals surface area contributed by atoms with Crippen LogP contribution in [0.4, 0.5) is 5.69 Å². The zero-order chi connectivity index (χ0) is 18.6. The van der Waals surface area contributed by atoms with Gasteiger partial charge in [0.05, 0.1) is 17.3 Å². The molecule has 0 N–H and O–H groups in total. The molecule has 0 unspecified atom stereocenters. The summed E-state index contributed by atoms with van der Waals surface area (Å²) in [5, 5.41) is 14.1. The van der Waals surface area contributed by atoms with Crippen molar-refractivity contribution < 1.29 is 4.79 Å². The van der Waals surface area contributed by atoms with Crippen LogP contribution >= 0.6 is 0 Å². The first kappa shape index (κ1) is 16.0. The van der Waals surface area contributed by atoms with Crippen molar-refractivity contribution in [1.29, 1.82) is 5.26 Å². The Kier molecular flexibility index (Phi) is 3.35. The number of carbonyl (C=O) groups is 1. The minimum atomic E-state index is -0.837. The number of carbonyl (C=O) groups excluding carboxylic acids is 1. The molecule has 6 heteroatoms. The first-order chi connectivity index (χ1) is 13.1. The van der Waals surface area contributed by atoms with Crippen molar-refractivity contribution in [1.82, 2.24) is 14.6 Å². The van der Waals surface area contributed by atoms with Gasteiger partial charge >= 0.3 is 0 Å². The van der Waals surface area contributed by atoms with Gasteiger partial charge < -0.3 is 4.90 Å². The van der Waals surface area contributed by atoms with Crippen LogP contribution in [0, 0.1) is 29.6 Å². The average molecular weight is 357 g/mol. The smallest absolute Gasteiger partial charge is 0.247 e. The minimum Gasteiger partial charge on any atom is -0.309 e. The van der Waals surface area contributed by atoms with E-state index in [2.05, 4.69) is 22.2 Å². The maximum Gasteiger partial charge on any atom is 0.247 e. The SMILES string of the molecule is Cc1cncc(-c2cc3c(N4CC[C@@](C#N)(C5CC5)C4=O)ccnn3c2)c1. The number of nitriles is 1. The second-order valence-electron chi connectivity index (χ2n) is 7.59. The molecule has 0 spiro atoms. The molecular weight excluding hydrogens is 338 g/mol. The average Bonchev–Trinajstić information content (AvgIpc) is 3.34. The predicted molar refractivity (Wildman–Crippen MR) is 101 cm³/mol. The number of fused-ring (bicyclic) bond motifs is 1. The van der Waals surface area contributed by atoms with Crippen LogP contribution in [0.25, 0.3) is 16.6 Å². The second-order valence-corrected chi connectivity index (χ2v) is 7.59. The minimum absolute atomic E-state index is 0.0550. The number of anilines is 1. The van der Waals surface area contributed by atoms with Crippen LogP contribution in [0.5, 0.6) is 0 Å². The number of hydrogen-bond donors (Lipinski definition) is 0. The number of rotatable bonds is 3. The Morgan fingerprint density at radius 1 is 1.26 bits per heavy atom. The lowest BCUT2D eigenvalue weighted by molar-refractivity contribution is -0.123. The Bertz CT molecular complexity index is 1110. The van der Waals surface area contributed by atoms with E-state index in [0.717, 1.165) is 40.7 Å². The molecule has 0 bridgehead atoms. The molecular formula is C21H19N5O. The van der Waals surface area contributed by atoms with Crippen molar-refractivity contribution in [3.8, 4) is 17.2 Å². The molecule has 1 saturated heterocycles. The van der Waals surface area contributed by atoms with E-state index in [1.165, 1.54) is 0 Å². The highest BCUT2D eigenvalue weighted by atomic mass is 16.2. The van der Waals surface area contributed by atoms with E-state index < -0.39 is 5.41 Å². The van der Waals surface area contributed by atoms with Crippen LogP contribution in [0.3, 0.4) is 0 Å². The van der Waals surface area contributed by atoms with Crippen LogP contribution in [0.1, 0.15) is 24.8 Å². The Morgan fingerprint density at radius 3 is 2.85 bits per heavy atom. The fraction of sp³-hybridized carbons (Fsp3) is 0.333. The zero-order valence-corrected chi connectivity index (χ0v) is 15.1. The van der Waals surface area contributed by atoms with E-state index in [4.69, 9.17) is 0 Å². The number of aryl methyl sites for hydroxylation is 1. The van der Waals surface area contributed by atoms with Gasteiger partial charge in [0.1, 0.15) is 5.41 Å². The molecule has 0 aromatic carbocycles. The fourth-order valence-corrected chi connectivity index (χ4v) is 4.22. The zero-order valence-electron chi connectivity index (χ0n) is 15.1. The summed E-state index contributed by atoms with van der Waals surface area (Å²) in [5.41, 5.74) is 3.96. The largest absolute Gasteiger partial charge is 0.309 e.